The summed E-state index contributed by atoms with van der Waals surface area (Å²) in [6, 6.07) is 5.46. The van der Waals surface area contributed by atoms with Gasteiger partial charge in [0.2, 0.25) is 0 Å². The monoisotopic (exact) mass is 283 g/mol. The quantitative estimate of drug-likeness (QED) is 0.752. The summed E-state index contributed by atoms with van der Waals surface area (Å²) in [6.45, 7) is 7.92. The Kier molecular flexibility index (Phi) is 5.30. The maximum atomic E-state index is 6.16. The lowest BCUT2D eigenvalue weighted by atomic mass is 9.82. The van der Waals surface area contributed by atoms with E-state index in [9.17, 15) is 0 Å². The van der Waals surface area contributed by atoms with E-state index in [4.69, 9.17) is 25.7 Å². The number of hydrogen-bond donors (Lipinski definition) is 0. The highest BCUT2D eigenvalue weighted by molar-refractivity contribution is 6.53. The second-order valence-corrected chi connectivity index (χ2v) is 5.76. The van der Waals surface area contributed by atoms with Gasteiger partial charge in [0.1, 0.15) is 5.75 Å². The van der Waals surface area contributed by atoms with Gasteiger partial charge in [-0.1, -0.05) is 17.7 Å². The summed E-state index contributed by atoms with van der Waals surface area (Å²) in [5, 5.41) is 0.588. The van der Waals surface area contributed by atoms with E-state index in [1.54, 1.807) is 27.8 Å². The summed E-state index contributed by atoms with van der Waals surface area (Å²) in [5.74, 6) is 0.721. The molecule has 3 nitrogen and oxygen atoms in total. The zero-order valence-electron chi connectivity index (χ0n) is 12.4. The molecule has 1 rings (SSSR count). The van der Waals surface area contributed by atoms with Crippen molar-refractivity contribution in [2.75, 3.05) is 14.2 Å². The summed E-state index contributed by atoms with van der Waals surface area (Å²) in [6.07, 6.45) is 0. The largest absolute Gasteiger partial charge is 0.497 e. The molecule has 1 aromatic rings. The lowest BCUT2D eigenvalue weighted by Crippen LogP contribution is -2.50. The molecule has 0 heterocycles. The smallest absolute Gasteiger partial charge is 0.332 e. The molecule has 0 amide bonds. The first kappa shape index (κ1) is 16.3. The van der Waals surface area contributed by atoms with Crippen LogP contribution in [0.5, 0.6) is 5.75 Å². The molecule has 0 N–H and O–H groups in total. The van der Waals surface area contributed by atoms with Gasteiger partial charge in [0.25, 0.3) is 0 Å². The molecule has 0 saturated carbocycles. The van der Waals surface area contributed by atoms with Crippen molar-refractivity contribution < 1.29 is 14.1 Å². The van der Waals surface area contributed by atoms with Crippen molar-refractivity contribution in [1.29, 1.82) is 0 Å². The van der Waals surface area contributed by atoms with Gasteiger partial charge in [0.15, 0.2) is 0 Å². The van der Waals surface area contributed by atoms with E-state index >= 15 is 0 Å². The predicted molar refractivity (Wildman–Crippen MR) is 79.6 cm³/mol. The summed E-state index contributed by atoms with van der Waals surface area (Å²) < 4.78 is 16.4. The van der Waals surface area contributed by atoms with Crippen LogP contribution in [0.4, 0.5) is 0 Å². The first-order valence-corrected chi connectivity index (χ1v) is 6.51. The van der Waals surface area contributed by atoms with Crippen LogP contribution in [0.2, 0.25) is 5.02 Å². The van der Waals surface area contributed by atoms with E-state index in [1.165, 1.54) is 0 Å². The van der Waals surface area contributed by atoms with Crippen LogP contribution in [-0.4, -0.2) is 32.9 Å². The van der Waals surface area contributed by atoms with Crippen molar-refractivity contribution in [3.05, 3.63) is 23.2 Å². The van der Waals surface area contributed by atoms with E-state index in [2.05, 4.69) is 0 Å². The lowest BCUT2D eigenvalue weighted by molar-refractivity contribution is -0.114. The van der Waals surface area contributed by atoms with Crippen molar-refractivity contribution >= 4 is 24.5 Å². The van der Waals surface area contributed by atoms with Crippen LogP contribution in [0.1, 0.15) is 27.7 Å². The van der Waals surface area contributed by atoms with Crippen molar-refractivity contribution in [2.24, 2.45) is 0 Å². The Morgan fingerprint density at radius 1 is 1.05 bits per heavy atom. The maximum absolute atomic E-state index is 6.16. The molecule has 105 valence electrons. The zero-order valence-corrected chi connectivity index (χ0v) is 13.2. The number of rotatable bonds is 6. The topological polar surface area (TPSA) is 27.7 Å². The van der Waals surface area contributed by atoms with Gasteiger partial charge in [-0.3, -0.25) is 0 Å². The van der Waals surface area contributed by atoms with Crippen molar-refractivity contribution in [3.63, 3.8) is 0 Å². The first-order chi connectivity index (χ1) is 8.73. The van der Waals surface area contributed by atoms with Crippen molar-refractivity contribution in [1.82, 2.24) is 0 Å². The molecule has 0 bridgehead atoms. The van der Waals surface area contributed by atoms with E-state index in [0.717, 1.165) is 11.2 Å². The number of methoxy groups -OCH3 is 2. The van der Waals surface area contributed by atoms with E-state index in [1.807, 2.05) is 39.8 Å². The normalized spacial score (nSPS) is 12.4. The first-order valence-electron chi connectivity index (χ1n) is 6.13. The molecular weight excluding hydrogens is 262 g/mol. The standard InChI is InChI=1S/C14H21BClO3/c1-13(2,18-6)14(3,4)19-15-11-8-7-10(17-5)9-12(11)16/h7-9H,1-6H3. The molecule has 0 aromatic heterocycles. The summed E-state index contributed by atoms with van der Waals surface area (Å²) in [7, 11) is 4.93. The van der Waals surface area contributed by atoms with Crippen LogP contribution in [0, 0.1) is 0 Å². The van der Waals surface area contributed by atoms with Gasteiger partial charge in [-0.25, -0.2) is 0 Å². The minimum atomic E-state index is -0.481. The molecule has 0 fully saturated rings. The van der Waals surface area contributed by atoms with Gasteiger partial charge in [-0.2, -0.15) is 0 Å². The fourth-order valence-corrected chi connectivity index (χ4v) is 1.54. The van der Waals surface area contributed by atoms with Gasteiger partial charge < -0.3 is 14.1 Å². The van der Waals surface area contributed by atoms with Crippen LogP contribution in [0.25, 0.3) is 0 Å². The fourth-order valence-electron chi connectivity index (χ4n) is 1.33. The van der Waals surface area contributed by atoms with Crippen LogP contribution in [0.15, 0.2) is 18.2 Å². The maximum Gasteiger partial charge on any atom is 0.332 e. The Labute approximate surface area is 121 Å². The molecule has 1 radical (unpaired) electrons. The molecule has 0 atom stereocenters. The molecule has 0 aliphatic rings. The van der Waals surface area contributed by atoms with Gasteiger partial charge in [0.05, 0.1) is 18.3 Å². The highest BCUT2D eigenvalue weighted by atomic mass is 35.5. The third-order valence-corrected chi connectivity index (χ3v) is 3.98. The van der Waals surface area contributed by atoms with Gasteiger partial charge >= 0.3 is 7.48 Å². The third kappa shape index (κ3) is 3.88. The molecular formula is C14H21BClO3. The molecule has 0 aliphatic carbocycles. The van der Waals surface area contributed by atoms with Gasteiger partial charge in [-0.05, 0) is 45.3 Å². The molecule has 1 aromatic carbocycles. The second kappa shape index (κ2) is 6.16. The highest BCUT2D eigenvalue weighted by Gasteiger charge is 2.38. The molecule has 5 heteroatoms. The summed E-state index contributed by atoms with van der Waals surface area (Å²) in [4.78, 5) is 0. The molecule has 0 unspecified atom stereocenters. The van der Waals surface area contributed by atoms with Crippen LogP contribution >= 0.6 is 11.6 Å². The lowest BCUT2D eigenvalue weighted by Gasteiger charge is -2.40. The number of halogens is 1. The van der Waals surface area contributed by atoms with Crippen molar-refractivity contribution in [3.8, 4) is 5.75 Å². The Hall–Kier alpha value is -0.705. The van der Waals surface area contributed by atoms with Crippen LogP contribution in [0.3, 0.4) is 0 Å². The molecule has 0 aliphatic heterocycles. The van der Waals surface area contributed by atoms with Crippen LogP contribution < -0.4 is 10.2 Å². The molecule has 0 spiro atoms. The zero-order chi connectivity index (χ0) is 14.7. The van der Waals surface area contributed by atoms with Gasteiger partial charge in [-0.15, -0.1) is 0 Å². The van der Waals surface area contributed by atoms with Crippen molar-refractivity contribution in [2.45, 2.75) is 38.9 Å². The second-order valence-electron chi connectivity index (χ2n) is 5.35. The minimum absolute atomic E-state index is 0.414. The average Bonchev–Trinajstić information content (AvgIpc) is 2.36. The summed E-state index contributed by atoms with van der Waals surface area (Å²) in [5.41, 5.74) is -0.0876. The minimum Gasteiger partial charge on any atom is -0.497 e. The fraction of sp³-hybridized carbons (Fsp3) is 0.571. The number of benzene rings is 1. The summed E-state index contributed by atoms with van der Waals surface area (Å²) >= 11 is 6.16. The SMILES string of the molecule is COc1ccc([B]OC(C)(C)C(C)(C)OC)c(Cl)c1. The van der Waals surface area contributed by atoms with Crippen LogP contribution in [-0.2, 0) is 9.39 Å². The Morgan fingerprint density at radius 3 is 2.16 bits per heavy atom. The predicted octanol–water partition coefficient (Wildman–Crippen LogP) is 2.81. The van der Waals surface area contributed by atoms with E-state index in [-0.39, 0.29) is 0 Å². The Morgan fingerprint density at radius 2 is 1.68 bits per heavy atom. The van der Waals surface area contributed by atoms with E-state index < -0.39 is 11.2 Å². The highest BCUT2D eigenvalue weighted by Crippen LogP contribution is 2.28. The molecule has 0 saturated heterocycles. The average molecular weight is 284 g/mol. The Bertz CT molecular complexity index is 433. The Balaban J connectivity index is 2.77. The number of hydrogen-bond acceptors (Lipinski definition) is 3. The third-order valence-electron chi connectivity index (χ3n) is 3.65. The van der Waals surface area contributed by atoms with Gasteiger partial charge in [0, 0.05) is 12.1 Å². The molecule has 19 heavy (non-hydrogen) atoms. The van der Waals surface area contributed by atoms with E-state index in [0.29, 0.717) is 5.02 Å². The number of ether oxygens (including phenoxy) is 2.